The molecule has 1 atom stereocenters. The average Bonchev–Trinajstić information content (AvgIpc) is 3.02. The molecule has 1 aromatic carbocycles. The van der Waals surface area contributed by atoms with Gasteiger partial charge in [-0.15, -0.1) is 11.3 Å². The number of nitrogen functional groups attached to an aromatic ring is 1. The molecule has 0 aliphatic heterocycles. The minimum atomic E-state index is -0.312. The highest BCUT2D eigenvalue weighted by molar-refractivity contribution is 7.13. The van der Waals surface area contributed by atoms with E-state index < -0.39 is 0 Å². The molecule has 1 aromatic heterocycles. The van der Waals surface area contributed by atoms with Gasteiger partial charge in [-0.2, -0.15) is 0 Å². The van der Waals surface area contributed by atoms with E-state index in [1.165, 1.54) is 11.3 Å². The Kier molecular flexibility index (Phi) is 6.57. The SMILES string of the molecule is CCOc1ccc(NC(=O)C(C)C)cc1C(=O)NC(C)c1csc(N)n1. The molecule has 2 rings (SSSR count). The van der Waals surface area contributed by atoms with Crippen molar-refractivity contribution >= 4 is 34.0 Å². The minimum Gasteiger partial charge on any atom is -0.493 e. The van der Waals surface area contributed by atoms with Crippen LogP contribution in [0.25, 0.3) is 0 Å². The molecule has 0 fully saturated rings. The third kappa shape index (κ3) is 4.95. The van der Waals surface area contributed by atoms with Crippen LogP contribution in [0.15, 0.2) is 23.6 Å². The van der Waals surface area contributed by atoms with Crippen LogP contribution in [0.4, 0.5) is 10.8 Å². The predicted molar refractivity (Wildman–Crippen MR) is 103 cm³/mol. The number of hydrogen-bond acceptors (Lipinski definition) is 6. The Bertz CT molecular complexity index is 788. The van der Waals surface area contributed by atoms with Crippen molar-refractivity contribution in [3.05, 3.63) is 34.8 Å². The van der Waals surface area contributed by atoms with Crippen LogP contribution in [0.1, 0.15) is 49.8 Å². The number of amides is 2. The molecule has 26 heavy (non-hydrogen) atoms. The van der Waals surface area contributed by atoms with Crippen LogP contribution in [0.3, 0.4) is 0 Å². The number of aromatic nitrogens is 1. The number of nitrogens with zero attached hydrogens (tertiary/aromatic N) is 1. The molecule has 0 saturated carbocycles. The van der Waals surface area contributed by atoms with Crippen molar-refractivity contribution in [1.82, 2.24) is 10.3 Å². The Hall–Kier alpha value is -2.61. The summed E-state index contributed by atoms with van der Waals surface area (Å²) < 4.78 is 5.55. The summed E-state index contributed by atoms with van der Waals surface area (Å²) in [6, 6.07) is 4.70. The van der Waals surface area contributed by atoms with Crippen molar-refractivity contribution in [1.29, 1.82) is 0 Å². The first-order chi connectivity index (χ1) is 12.3. The van der Waals surface area contributed by atoms with Crippen molar-refractivity contribution in [3.63, 3.8) is 0 Å². The maximum absolute atomic E-state index is 12.7. The zero-order valence-electron chi connectivity index (χ0n) is 15.3. The molecule has 8 heteroatoms. The van der Waals surface area contributed by atoms with Crippen molar-refractivity contribution in [3.8, 4) is 5.75 Å². The standard InChI is InChI=1S/C18H24N4O3S/c1-5-25-15-7-6-12(21-16(23)10(2)3)8-13(15)17(24)20-11(4)14-9-26-18(19)22-14/h6-11H,5H2,1-4H3,(H2,19,22)(H,20,24)(H,21,23). The van der Waals surface area contributed by atoms with Crippen LogP contribution in [-0.2, 0) is 4.79 Å². The summed E-state index contributed by atoms with van der Waals surface area (Å²) in [6.45, 7) is 7.71. The molecule has 0 aliphatic carbocycles. The summed E-state index contributed by atoms with van der Waals surface area (Å²) in [7, 11) is 0. The van der Waals surface area contributed by atoms with Gasteiger partial charge >= 0.3 is 0 Å². The molecule has 1 unspecified atom stereocenters. The van der Waals surface area contributed by atoms with E-state index in [4.69, 9.17) is 10.5 Å². The maximum Gasteiger partial charge on any atom is 0.255 e. The van der Waals surface area contributed by atoms with Gasteiger partial charge in [0.05, 0.1) is 23.9 Å². The maximum atomic E-state index is 12.7. The lowest BCUT2D eigenvalue weighted by Gasteiger charge is -2.16. The summed E-state index contributed by atoms with van der Waals surface area (Å²) in [5, 5.41) is 7.94. The van der Waals surface area contributed by atoms with E-state index >= 15 is 0 Å². The average molecular weight is 376 g/mol. The van der Waals surface area contributed by atoms with Gasteiger partial charge in [-0.05, 0) is 32.0 Å². The lowest BCUT2D eigenvalue weighted by Crippen LogP contribution is -2.27. The lowest BCUT2D eigenvalue weighted by atomic mass is 10.1. The number of carbonyl (C=O) groups excluding carboxylic acids is 2. The number of hydrogen-bond donors (Lipinski definition) is 3. The molecule has 2 aromatic rings. The topological polar surface area (TPSA) is 106 Å². The molecule has 0 saturated heterocycles. The van der Waals surface area contributed by atoms with E-state index in [2.05, 4.69) is 15.6 Å². The summed E-state index contributed by atoms with van der Waals surface area (Å²) in [6.07, 6.45) is 0. The summed E-state index contributed by atoms with van der Waals surface area (Å²) >= 11 is 1.32. The number of rotatable bonds is 7. The zero-order chi connectivity index (χ0) is 19.3. The van der Waals surface area contributed by atoms with Gasteiger partial charge in [0.15, 0.2) is 5.13 Å². The molecule has 0 bridgehead atoms. The monoisotopic (exact) mass is 376 g/mol. The fraction of sp³-hybridized carbons (Fsp3) is 0.389. The Balaban J connectivity index is 2.23. The Morgan fingerprint density at radius 2 is 2.04 bits per heavy atom. The molecule has 140 valence electrons. The van der Waals surface area contributed by atoms with Gasteiger partial charge in [0.25, 0.3) is 5.91 Å². The molecule has 0 spiro atoms. The van der Waals surface area contributed by atoms with Crippen molar-refractivity contribution in [2.45, 2.75) is 33.7 Å². The molecular weight excluding hydrogens is 352 g/mol. The fourth-order valence-corrected chi connectivity index (χ4v) is 2.86. The number of anilines is 2. The van der Waals surface area contributed by atoms with Gasteiger partial charge in [-0.3, -0.25) is 9.59 Å². The van der Waals surface area contributed by atoms with Gasteiger partial charge < -0.3 is 21.1 Å². The van der Waals surface area contributed by atoms with Crippen molar-refractivity contribution in [2.75, 3.05) is 17.7 Å². The lowest BCUT2D eigenvalue weighted by molar-refractivity contribution is -0.118. The number of carbonyl (C=O) groups is 2. The smallest absolute Gasteiger partial charge is 0.255 e. The van der Waals surface area contributed by atoms with Gasteiger partial charge in [-0.1, -0.05) is 13.8 Å². The Morgan fingerprint density at radius 1 is 1.31 bits per heavy atom. The Morgan fingerprint density at radius 3 is 2.62 bits per heavy atom. The van der Waals surface area contributed by atoms with Crippen LogP contribution >= 0.6 is 11.3 Å². The van der Waals surface area contributed by atoms with E-state index in [1.54, 1.807) is 32.0 Å². The predicted octanol–water partition coefficient (Wildman–Crippen LogP) is 3.21. The van der Waals surface area contributed by atoms with E-state index in [-0.39, 0.29) is 23.8 Å². The number of thiazole rings is 1. The minimum absolute atomic E-state index is 0.119. The van der Waals surface area contributed by atoms with E-state index in [0.29, 0.717) is 34.4 Å². The number of nitrogens with two attached hydrogens (primary N) is 1. The third-order valence-electron chi connectivity index (χ3n) is 3.65. The van der Waals surface area contributed by atoms with Gasteiger partial charge in [-0.25, -0.2) is 4.98 Å². The normalized spacial score (nSPS) is 11.9. The number of ether oxygens (including phenoxy) is 1. The second-order valence-electron chi connectivity index (χ2n) is 6.09. The van der Waals surface area contributed by atoms with E-state index in [0.717, 1.165) is 0 Å². The second kappa shape index (κ2) is 8.66. The van der Waals surface area contributed by atoms with E-state index in [1.807, 2.05) is 19.2 Å². The van der Waals surface area contributed by atoms with Crippen LogP contribution in [0.2, 0.25) is 0 Å². The third-order valence-corrected chi connectivity index (χ3v) is 4.34. The largest absolute Gasteiger partial charge is 0.493 e. The quantitative estimate of drug-likeness (QED) is 0.688. The second-order valence-corrected chi connectivity index (χ2v) is 6.98. The van der Waals surface area contributed by atoms with Crippen molar-refractivity contribution in [2.24, 2.45) is 5.92 Å². The van der Waals surface area contributed by atoms with Crippen LogP contribution in [-0.4, -0.2) is 23.4 Å². The van der Waals surface area contributed by atoms with Gasteiger partial charge in [0.2, 0.25) is 5.91 Å². The molecule has 1 heterocycles. The highest BCUT2D eigenvalue weighted by Crippen LogP contribution is 2.25. The van der Waals surface area contributed by atoms with Gasteiger partial charge in [0.1, 0.15) is 5.75 Å². The van der Waals surface area contributed by atoms with Crippen LogP contribution in [0, 0.1) is 5.92 Å². The Labute approximate surface area is 157 Å². The fourth-order valence-electron chi connectivity index (χ4n) is 2.20. The summed E-state index contributed by atoms with van der Waals surface area (Å²) in [4.78, 5) is 28.8. The van der Waals surface area contributed by atoms with Crippen LogP contribution in [0.5, 0.6) is 5.75 Å². The summed E-state index contributed by atoms with van der Waals surface area (Å²) in [5.41, 5.74) is 7.24. The zero-order valence-corrected chi connectivity index (χ0v) is 16.1. The highest BCUT2D eigenvalue weighted by Gasteiger charge is 2.19. The molecule has 7 nitrogen and oxygen atoms in total. The van der Waals surface area contributed by atoms with Gasteiger partial charge in [0, 0.05) is 17.0 Å². The first kappa shape index (κ1) is 19.7. The van der Waals surface area contributed by atoms with Crippen LogP contribution < -0.4 is 21.1 Å². The molecule has 0 radical (unpaired) electrons. The number of nitrogens with one attached hydrogen (secondary N) is 2. The number of benzene rings is 1. The molecule has 2 amide bonds. The molecule has 4 N–H and O–H groups in total. The molecular formula is C18H24N4O3S. The van der Waals surface area contributed by atoms with E-state index in [9.17, 15) is 9.59 Å². The first-order valence-electron chi connectivity index (χ1n) is 8.41. The first-order valence-corrected chi connectivity index (χ1v) is 9.29. The van der Waals surface area contributed by atoms with Crippen molar-refractivity contribution < 1.29 is 14.3 Å². The summed E-state index contributed by atoms with van der Waals surface area (Å²) in [5.74, 6) is -0.133. The highest BCUT2D eigenvalue weighted by atomic mass is 32.1. The molecule has 0 aliphatic rings.